The minimum absolute atomic E-state index is 0.0204. The van der Waals surface area contributed by atoms with Crippen molar-refractivity contribution >= 4 is 23.0 Å². The maximum absolute atomic E-state index is 13.3. The van der Waals surface area contributed by atoms with Crippen molar-refractivity contribution in [1.82, 2.24) is 4.98 Å². The molecule has 2 rings (SSSR count). The highest BCUT2D eigenvalue weighted by Gasteiger charge is 2.06. The van der Waals surface area contributed by atoms with E-state index >= 15 is 0 Å². The number of aromatic nitrogens is 1. The van der Waals surface area contributed by atoms with E-state index in [2.05, 4.69) is 10.3 Å². The number of rotatable bonds is 3. The smallest absolute Gasteiger partial charge is 0.143 e. The first-order chi connectivity index (χ1) is 8.58. The molecule has 0 aliphatic heterocycles. The molecule has 5 heteroatoms. The van der Waals surface area contributed by atoms with E-state index in [0.29, 0.717) is 17.9 Å². The Morgan fingerprint density at radius 2 is 2.22 bits per heavy atom. The summed E-state index contributed by atoms with van der Waals surface area (Å²) in [6, 6.07) is 6.52. The molecule has 2 aromatic rings. The largest absolute Gasteiger partial charge is 0.397 e. The Kier molecular flexibility index (Phi) is 3.67. The summed E-state index contributed by atoms with van der Waals surface area (Å²) in [5.41, 5.74) is 8.65. The number of hydrogen-bond donors (Lipinski definition) is 2. The molecule has 0 aliphatic carbocycles. The standard InChI is InChI=1S/C13H13ClFN3/c1-8-3-2-4-17-13(8)7-18-12-6-10(15)9(14)5-11(12)16/h2-6,18H,7,16H2,1H3. The number of nitrogens with two attached hydrogens (primary N) is 1. The van der Waals surface area contributed by atoms with Crippen molar-refractivity contribution in [2.24, 2.45) is 0 Å². The summed E-state index contributed by atoms with van der Waals surface area (Å²) in [4.78, 5) is 4.24. The van der Waals surface area contributed by atoms with Gasteiger partial charge in [-0.05, 0) is 24.6 Å². The van der Waals surface area contributed by atoms with E-state index in [9.17, 15) is 4.39 Å². The monoisotopic (exact) mass is 265 g/mol. The molecule has 0 aliphatic rings. The second kappa shape index (κ2) is 5.23. The minimum Gasteiger partial charge on any atom is -0.397 e. The van der Waals surface area contributed by atoms with E-state index in [1.165, 1.54) is 12.1 Å². The van der Waals surface area contributed by atoms with Crippen molar-refractivity contribution in [1.29, 1.82) is 0 Å². The molecule has 0 unspecified atom stereocenters. The zero-order chi connectivity index (χ0) is 13.1. The third kappa shape index (κ3) is 2.71. The molecule has 3 nitrogen and oxygen atoms in total. The van der Waals surface area contributed by atoms with Crippen molar-refractivity contribution in [3.8, 4) is 0 Å². The SMILES string of the molecule is Cc1cccnc1CNc1cc(F)c(Cl)cc1N. The highest BCUT2D eigenvalue weighted by molar-refractivity contribution is 6.31. The Balaban J connectivity index is 2.16. The fraction of sp³-hybridized carbons (Fsp3) is 0.154. The molecule has 0 atom stereocenters. The van der Waals surface area contributed by atoms with Crippen LogP contribution in [0.25, 0.3) is 0 Å². The second-order valence-electron chi connectivity index (χ2n) is 3.97. The number of anilines is 2. The Morgan fingerprint density at radius 1 is 1.44 bits per heavy atom. The highest BCUT2D eigenvalue weighted by Crippen LogP contribution is 2.26. The molecule has 1 aromatic carbocycles. The van der Waals surface area contributed by atoms with Gasteiger partial charge in [0.1, 0.15) is 5.82 Å². The Morgan fingerprint density at radius 3 is 2.94 bits per heavy atom. The normalized spacial score (nSPS) is 10.4. The summed E-state index contributed by atoms with van der Waals surface area (Å²) >= 11 is 5.63. The number of benzene rings is 1. The summed E-state index contributed by atoms with van der Waals surface area (Å²) in [7, 11) is 0. The predicted octanol–water partition coefficient (Wildman–Crippen LogP) is 3.38. The zero-order valence-electron chi connectivity index (χ0n) is 9.87. The lowest BCUT2D eigenvalue weighted by molar-refractivity contribution is 0.629. The van der Waals surface area contributed by atoms with Gasteiger partial charge >= 0.3 is 0 Å². The third-order valence-corrected chi connectivity index (χ3v) is 2.95. The van der Waals surface area contributed by atoms with Crippen LogP contribution in [0.15, 0.2) is 30.5 Å². The fourth-order valence-corrected chi connectivity index (χ4v) is 1.77. The minimum atomic E-state index is -0.494. The van der Waals surface area contributed by atoms with Gasteiger partial charge in [0.05, 0.1) is 28.6 Å². The van der Waals surface area contributed by atoms with Crippen molar-refractivity contribution in [2.45, 2.75) is 13.5 Å². The Bertz CT molecular complexity index is 572. The topological polar surface area (TPSA) is 50.9 Å². The van der Waals surface area contributed by atoms with Crippen molar-refractivity contribution in [2.75, 3.05) is 11.1 Å². The van der Waals surface area contributed by atoms with E-state index in [4.69, 9.17) is 17.3 Å². The molecule has 0 radical (unpaired) electrons. The lowest BCUT2D eigenvalue weighted by Gasteiger charge is -2.11. The van der Waals surface area contributed by atoms with Crippen LogP contribution in [0.1, 0.15) is 11.3 Å². The van der Waals surface area contributed by atoms with Gasteiger partial charge in [0.25, 0.3) is 0 Å². The average Bonchev–Trinajstić information content (AvgIpc) is 2.34. The molecule has 0 saturated heterocycles. The van der Waals surface area contributed by atoms with Crippen molar-refractivity contribution < 1.29 is 4.39 Å². The van der Waals surface area contributed by atoms with E-state index < -0.39 is 5.82 Å². The number of nitrogens with one attached hydrogen (secondary N) is 1. The van der Waals surface area contributed by atoms with Crippen LogP contribution in [0.3, 0.4) is 0 Å². The first-order valence-corrected chi connectivity index (χ1v) is 5.84. The maximum atomic E-state index is 13.3. The Labute approximate surface area is 110 Å². The van der Waals surface area contributed by atoms with Crippen LogP contribution in [0.2, 0.25) is 5.02 Å². The summed E-state index contributed by atoms with van der Waals surface area (Å²) in [5.74, 6) is -0.494. The van der Waals surface area contributed by atoms with Crippen molar-refractivity contribution in [3.05, 3.63) is 52.6 Å². The number of halogens is 2. The van der Waals surface area contributed by atoms with Gasteiger partial charge in [0.2, 0.25) is 0 Å². The molecule has 0 amide bonds. The number of aryl methyl sites for hydroxylation is 1. The quantitative estimate of drug-likeness (QED) is 0.837. The highest BCUT2D eigenvalue weighted by atomic mass is 35.5. The van der Waals surface area contributed by atoms with Gasteiger partial charge in [-0.25, -0.2) is 4.39 Å². The molecular weight excluding hydrogens is 253 g/mol. The lowest BCUT2D eigenvalue weighted by Crippen LogP contribution is -2.06. The molecular formula is C13H13ClFN3. The molecule has 18 heavy (non-hydrogen) atoms. The number of nitrogen functional groups attached to an aromatic ring is 1. The summed E-state index contributed by atoms with van der Waals surface area (Å²) in [5, 5.41) is 3.07. The maximum Gasteiger partial charge on any atom is 0.143 e. The molecule has 0 spiro atoms. The van der Waals surface area contributed by atoms with Crippen LogP contribution < -0.4 is 11.1 Å². The number of nitrogens with zero attached hydrogens (tertiary/aromatic N) is 1. The fourth-order valence-electron chi connectivity index (χ4n) is 1.60. The molecule has 0 saturated carbocycles. The molecule has 0 fully saturated rings. The summed E-state index contributed by atoms with van der Waals surface area (Å²) < 4.78 is 13.3. The summed E-state index contributed by atoms with van der Waals surface area (Å²) in [6.07, 6.45) is 1.72. The molecule has 0 bridgehead atoms. The number of hydrogen-bond acceptors (Lipinski definition) is 3. The van der Waals surface area contributed by atoms with Crippen LogP contribution in [0, 0.1) is 12.7 Å². The first kappa shape index (κ1) is 12.6. The van der Waals surface area contributed by atoms with E-state index in [-0.39, 0.29) is 5.02 Å². The molecule has 1 aromatic heterocycles. The van der Waals surface area contributed by atoms with Gasteiger partial charge in [-0.15, -0.1) is 0 Å². The van der Waals surface area contributed by atoms with E-state index in [0.717, 1.165) is 11.3 Å². The van der Waals surface area contributed by atoms with E-state index in [1.54, 1.807) is 6.20 Å². The molecule has 3 N–H and O–H groups in total. The summed E-state index contributed by atoms with van der Waals surface area (Å²) in [6.45, 7) is 2.45. The van der Waals surface area contributed by atoms with Gasteiger partial charge in [-0.3, -0.25) is 4.98 Å². The van der Waals surface area contributed by atoms with E-state index in [1.807, 2.05) is 19.1 Å². The molecule has 94 valence electrons. The van der Waals surface area contributed by atoms with Gasteiger partial charge in [0.15, 0.2) is 0 Å². The Hall–Kier alpha value is -1.81. The van der Waals surface area contributed by atoms with Crippen LogP contribution in [0.4, 0.5) is 15.8 Å². The van der Waals surface area contributed by atoms with Crippen LogP contribution in [-0.4, -0.2) is 4.98 Å². The third-order valence-electron chi connectivity index (χ3n) is 2.66. The van der Waals surface area contributed by atoms with Gasteiger partial charge < -0.3 is 11.1 Å². The van der Waals surface area contributed by atoms with Gasteiger partial charge in [-0.1, -0.05) is 17.7 Å². The van der Waals surface area contributed by atoms with Crippen molar-refractivity contribution in [3.63, 3.8) is 0 Å². The lowest BCUT2D eigenvalue weighted by atomic mass is 10.2. The van der Waals surface area contributed by atoms with Crippen LogP contribution in [-0.2, 0) is 6.54 Å². The average molecular weight is 266 g/mol. The van der Waals surface area contributed by atoms with Gasteiger partial charge in [0, 0.05) is 12.3 Å². The second-order valence-corrected chi connectivity index (χ2v) is 4.38. The van der Waals surface area contributed by atoms with Crippen LogP contribution in [0.5, 0.6) is 0 Å². The van der Waals surface area contributed by atoms with Crippen LogP contribution >= 0.6 is 11.6 Å². The zero-order valence-corrected chi connectivity index (χ0v) is 10.6. The molecule has 1 heterocycles. The first-order valence-electron chi connectivity index (χ1n) is 5.47. The van der Waals surface area contributed by atoms with Gasteiger partial charge in [-0.2, -0.15) is 0 Å². The predicted molar refractivity (Wildman–Crippen MR) is 72.1 cm³/mol. The number of pyridine rings is 1.